The van der Waals surface area contributed by atoms with Crippen molar-refractivity contribution in [1.82, 2.24) is 10.2 Å². The van der Waals surface area contributed by atoms with Gasteiger partial charge in [-0.15, -0.1) is 0 Å². The van der Waals surface area contributed by atoms with Gasteiger partial charge in [-0.2, -0.15) is 0 Å². The fourth-order valence-electron chi connectivity index (χ4n) is 3.78. The molecule has 7 heteroatoms. The predicted molar refractivity (Wildman–Crippen MR) is 101 cm³/mol. The molecule has 2 aliphatic heterocycles. The highest BCUT2D eigenvalue weighted by Gasteiger charge is 2.33. The van der Waals surface area contributed by atoms with Gasteiger partial charge in [0.2, 0.25) is 5.91 Å². The molecule has 2 saturated heterocycles. The summed E-state index contributed by atoms with van der Waals surface area (Å²) in [5.41, 5.74) is 1.07. The fraction of sp³-hybridized carbons (Fsp3) is 0.550. The molecule has 0 aromatic heterocycles. The molecule has 2 N–H and O–H groups in total. The van der Waals surface area contributed by atoms with Crippen LogP contribution in [-0.4, -0.2) is 55.5 Å². The summed E-state index contributed by atoms with van der Waals surface area (Å²) in [6.45, 7) is 2.23. The van der Waals surface area contributed by atoms with Crippen LogP contribution in [0.4, 0.5) is 5.69 Å². The number of likely N-dealkylation sites (tertiary alicyclic amines) is 1. The molecule has 0 bridgehead atoms. The number of carbonyl (C=O) groups excluding carboxylic acids is 3. The Hall–Kier alpha value is -2.41. The van der Waals surface area contributed by atoms with E-state index in [2.05, 4.69) is 10.6 Å². The Kier molecular flexibility index (Phi) is 6.45. The van der Waals surface area contributed by atoms with Crippen LogP contribution in [0, 0.1) is 5.92 Å². The van der Waals surface area contributed by atoms with Crippen LogP contribution >= 0.6 is 0 Å². The van der Waals surface area contributed by atoms with Crippen LogP contribution < -0.4 is 10.6 Å². The van der Waals surface area contributed by atoms with Gasteiger partial charge in [-0.1, -0.05) is 6.07 Å². The van der Waals surface area contributed by atoms with Crippen molar-refractivity contribution < 1.29 is 19.1 Å². The highest BCUT2D eigenvalue weighted by molar-refractivity contribution is 5.99. The van der Waals surface area contributed by atoms with Crippen LogP contribution in [0.2, 0.25) is 0 Å². The third-order valence-corrected chi connectivity index (χ3v) is 5.32. The zero-order chi connectivity index (χ0) is 19.2. The number of piperidine rings is 2. The Balaban J connectivity index is 1.71. The molecule has 27 heavy (non-hydrogen) atoms. The number of carbonyl (C=O) groups is 3. The van der Waals surface area contributed by atoms with E-state index in [1.54, 1.807) is 29.2 Å². The average Bonchev–Trinajstić information content (AvgIpc) is 2.73. The molecule has 146 valence electrons. The topological polar surface area (TPSA) is 87.7 Å². The number of nitrogens with one attached hydrogen (secondary N) is 2. The van der Waals surface area contributed by atoms with Crippen LogP contribution in [0.5, 0.6) is 0 Å². The number of hydrogen-bond acceptors (Lipinski definition) is 5. The first kappa shape index (κ1) is 19.4. The summed E-state index contributed by atoms with van der Waals surface area (Å²) in [5.74, 6) is -0.593. The smallest absolute Gasteiger partial charge is 0.328 e. The first-order valence-electron chi connectivity index (χ1n) is 9.60. The number of benzene rings is 1. The molecule has 7 nitrogen and oxygen atoms in total. The lowest BCUT2D eigenvalue weighted by Crippen LogP contribution is -2.48. The minimum Gasteiger partial charge on any atom is -0.467 e. The molecule has 2 fully saturated rings. The van der Waals surface area contributed by atoms with E-state index in [0.717, 1.165) is 38.8 Å². The lowest BCUT2D eigenvalue weighted by atomic mass is 9.97. The summed E-state index contributed by atoms with van der Waals surface area (Å²) >= 11 is 0. The number of ether oxygens (including phenoxy) is 1. The molecule has 2 amide bonds. The van der Waals surface area contributed by atoms with Gasteiger partial charge in [0, 0.05) is 23.7 Å². The van der Waals surface area contributed by atoms with Crippen molar-refractivity contribution in [3.05, 3.63) is 29.8 Å². The third-order valence-electron chi connectivity index (χ3n) is 5.32. The summed E-state index contributed by atoms with van der Waals surface area (Å²) in [5, 5.41) is 6.17. The third kappa shape index (κ3) is 4.66. The average molecular weight is 373 g/mol. The van der Waals surface area contributed by atoms with Crippen molar-refractivity contribution in [2.45, 2.75) is 38.1 Å². The van der Waals surface area contributed by atoms with E-state index in [0.29, 0.717) is 24.2 Å². The second-order valence-electron chi connectivity index (χ2n) is 7.13. The Morgan fingerprint density at radius 3 is 2.67 bits per heavy atom. The molecule has 0 radical (unpaired) electrons. The lowest BCUT2D eigenvalue weighted by Gasteiger charge is -2.33. The van der Waals surface area contributed by atoms with E-state index in [9.17, 15) is 14.4 Å². The monoisotopic (exact) mass is 373 g/mol. The standard InChI is InChI=1S/C20H27N3O4/c1-27-20(26)17-7-2-3-12-23(17)19(25)15-5-4-6-16(13-15)22-18(24)14-8-10-21-11-9-14/h4-6,13-14,17,21H,2-3,7-12H2,1H3,(H,22,24). The van der Waals surface area contributed by atoms with Gasteiger partial charge in [-0.3, -0.25) is 9.59 Å². The predicted octanol–water partition coefficient (Wildman–Crippen LogP) is 1.79. The second kappa shape index (κ2) is 8.99. The molecule has 1 aromatic carbocycles. The molecule has 0 spiro atoms. The van der Waals surface area contributed by atoms with E-state index in [1.807, 2.05) is 0 Å². The number of methoxy groups -OCH3 is 1. The van der Waals surface area contributed by atoms with Crippen molar-refractivity contribution in [2.24, 2.45) is 5.92 Å². The van der Waals surface area contributed by atoms with E-state index >= 15 is 0 Å². The van der Waals surface area contributed by atoms with E-state index in [4.69, 9.17) is 4.74 Å². The van der Waals surface area contributed by atoms with Gasteiger partial charge in [-0.25, -0.2) is 4.79 Å². The normalized spacial score (nSPS) is 20.8. The van der Waals surface area contributed by atoms with Gasteiger partial charge in [-0.05, 0) is 63.4 Å². The Morgan fingerprint density at radius 2 is 1.93 bits per heavy atom. The fourth-order valence-corrected chi connectivity index (χ4v) is 3.78. The number of nitrogens with zero attached hydrogens (tertiary/aromatic N) is 1. The number of anilines is 1. The maximum Gasteiger partial charge on any atom is 0.328 e. The zero-order valence-electron chi connectivity index (χ0n) is 15.7. The zero-order valence-corrected chi connectivity index (χ0v) is 15.7. The first-order valence-corrected chi connectivity index (χ1v) is 9.60. The Morgan fingerprint density at radius 1 is 1.15 bits per heavy atom. The van der Waals surface area contributed by atoms with Gasteiger partial charge in [0.1, 0.15) is 6.04 Å². The quantitative estimate of drug-likeness (QED) is 0.786. The van der Waals surface area contributed by atoms with Gasteiger partial charge in [0.15, 0.2) is 0 Å². The summed E-state index contributed by atoms with van der Waals surface area (Å²) in [6, 6.07) is 6.39. The van der Waals surface area contributed by atoms with Crippen LogP contribution in [0.15, 0.2) is 24.3 Å². The SMILES string of the molecule is COC(=O)C1CCCCN1C(=O)c1cccc(NC(=O)C2CCNCC2)c1. The Labute approximate surface area is 159 Å². The highest BCUT2D eigenvalue weighted by atomic mass is 16.5. The molecule has 3 rings (SSSR count). The number of amides is 2. The minimum absolute atomic E-state index is 0.00333. The molecule has 1 aromatic rings. The van der Waals surface area contributed by atoms with Crippen molar-refractivity contribution in [2.75, 3.05) is 32.1 Å². The molecule has 2 aliphatic rings. The molecule has 1 atom stereocenters. The molecular formula is C20H27N3O4. The summed E-state index contributed by atoms with van der Waals surface area (Å²) in [7, 11) is 1.34. The molecule has 2 heterocycles. The number of esters is 1. The summed E-state index contributed by atoms with van der Waals surface area (Å²) in [4.78, 5) is 39.0. The van der Waals surface area contributed by atoms with Crippen LogP contribution in [0.1, 0.15) is 42.5 Å². The van der Waals surface area contributed by atoms with Crippen molar-refractivity contribution in [1.29, 1.82) is 0 Å². The lowest BCUT2D eigenvalue weighted by molar-refractivity contribution is -0.147. The van der Waals surface area contributed by atoms with Crippen molar-refractivity contribution in [3.8, 4) is 0 Å². The van der Waals surface area contributed by atoms with Gasteiger partial charge < -0.3 is 20.3 Å². The maximum absolute atomic E-state index is 13.0. The van der Waals surface area contributed by atoms with Gasteiger partial charge in [0.25, 0.3) is 5.91 Å². The molecular weight excluding hydrogens is 346 g/mol. The molecule has 0 aliphatic carbocycles. The van der Waals surface area contributed by atoms with E-state index in [-0.39, 0.29) is 23.7 Å². The molecule has 0 saturated carbocycles. The van der Waals surface area contributed by atoms with Crippen LogP contribution in [-0.2, 0) is 14.3 Å². The van der Waals surface area contributed by atoms with Crippen molar-refractivity contribution >= 4 is 23.5 Å². The first-order chi connectivity index (χ1) is 13.1. The maximum atomic E-state index is 13.0. The summed E-state index contributed by atoms with van der Waals surface area (Å²) < 4.78 is 4.85. The number of hydrogen-bond donors (Lipinski definition) is 2. The highest BCUT2D eigenvalue weighted by Crippen LogP contribution is 2.22. The molecule has 1 unspecified atom stereocenters. The van der Waals surface area contributed by atoms with E-state index in [1.165, 1.54) is 7.11 Å². The van der Waals surface area contributed by atoms with E-state index < -0.39 is 6.04 Å². The van der Waals surface area contributed by atoms with Crippen molar-refractivity contribution in [3.63, 3.8) is 0 Å². The summed E-state index contributed by atoms with van der Waals surface area (Å²) in [6.07, 6.45) is 4.02. The Bertz CT molecular complexity index is 700. The number of rotatable bonds is 4. The minimum atomic E-state index is -0.538. The van der Waals surface area contributed by atoms with Gasteiger partial charge in [0.05, 0.1) is 7.11 Å². The largest absolute Gasteiger partial charge is 0.467 e. The van der Waals surface area contributed by atoms with Crippen LogP contribution in [0.25, 0.3) is 0 Å². The second-order valence-corrected chi connectivity index (χ2v) is 7.13. The van der Waals surface area contributed by atoms with Crippen LogP contribution in [0.3, 0.4) is 0 Å². The van der Waals surface area contributed by atoms with Gasteiger partial charge >= 0.3 is 5.97 Å².